The van der Waals surface area contributed by atoms with E-state index in [-0.39, 0.29) is 10.8 Å². The lowest BCUT2D eigenvalue weighted by Crippen LogP contribution is -2.32. The predicted octanol–water partition coefficient (Wildman–Crippen LogP) is 1.95. The van der Waals surface area contributed by atoms with Crippen molar-refractivity contribution in [3.63, 3.8) is 0 Å². The summed E-state index contributed by atoms with van der Waals surface area (Å²) in [5.41, 5.74) is 0.403. The maximum absolute atomic E-state index is 12.2. The largest absolute Gasteiger partial charge is 0.338 e. The molecule has 1 aromatic carbocycles. The number of rotatable bonds is 5. The molecule has 0 spiro atoms. The fourth-order valence-corrected chi connectivity index (χ4v) is 2.64. The lowest BCUT2D eigenvalue weighted by atomic mass is 10.2. The number of nitrogens with zero attached hydrogens (tertiary/aromatic N) is 1. The van der Waals surface area contributed by atoms with E-state index in [1.807, 2.05) is 6.92 Å². The van der Waals surface area contributed by atoms with E-state index < -0.39 is 9.84 Å². The maximum Gasteiger partial charge on any atom is 0.253 e. The first-order valence-electron chi connectivity index (χ1n) is 5.55. The topological polar surface area (TPSA) is 54.5 Å². The molecule has 100 valence electrons. The molecule has 18 heavy (non-hydrogen) atoms. The van der Waals surface area contributed by atoms with Crippen LogP contribution in [0.1, 0.15) is 17.3 Å². The second-order valence-electron chi connectivity index (χ2n) is 3.87. The monoisotopic (exact) mass is 333 g/mol. The van der Waals surface area contributed by atoms with Gasteiger partial charge in [0.2, 0.25) is 0 Å². The molecule has 0 radical (unpaired) electrons. The van der Waals surface area contributed by atoms with Crippen molar-refractivity contribution < 1.29 is 13.2 Å². The standard InChI is InChI=1S/C12H16BrNO3S/c1-3-14(8-7-13)12(15)10-5-4-6-11(9-10)18(2,16)17/h4-6,9H,3,7-8H2,1-2H3. The summed E-state index contributed by atoms with van der Waals surface area (Å²) >= 11 is 3.29. The molecule has 0 saturated heterocycles. The molecule has 1 aromatic rings. The van der Waals surface area contributed by atoms with E-state index in [0.717, 1.165) is 6.26 Å². The van der Waals surface area contributed by atoms with Crippen molar-refractivity contribution in [1.29, 1.82) is 0 Å². The zero-order valence-electron chi connectivity index (χ0n) is 10.4. The Hall–Kier alpha value is -0.880. The van der Waals surface area contributed by atoms with E-state index in [4.69, 9.17) is 0 Å². The molecule has 0 aliphatic heterocycles. The fraction of sp³-hybridized carbons (Fsp3) is 0.417. The van der Waals surface area contributed by atoms with Crippen molar-refractivity contribution in [3.05, 3.63) is 29.8 Å². The minimum absolute atomic E-state index is 0.151. The van der Waals surface area contributed by atoms with Crippen molar-refractivity contribution in [2.75, 3.05) is 24.7 Å². The van der Waals surface area contributed by atoms with Gasteiger partial charge in [0.15, 0.2) is 9.84 Å². The summed E-state index contributed by atoms with van der Waals surface area (Å²) in [7, 11) is -3.28. The smallest absolute Gasteiger partial charge is 0.253 e. The van der Waals surface area contributed by atoms with E-state index in [0.29, 0.717) is 24.0 Å². The van der Waals surface area contributed by atoms with E-state index >= 15 is 0 Å². The lowest BCUT2D eigenvalue weighted by molar-refractivity contribution is 0.0774. The molecule has 0 unspecified atom stereocenters. The average molecular weight is 334 g/mol. The van der Waals surface area contributed by atoms with Crippen LogP contribution in [0.3, 0.4) is 0 Å². The van der Waals surface area contributed by atoms with Gasteiger partial charge in [-0.15, -0.1) is 0 Å². The zero-order chi connectivity index (χ0) is 13.8. The second kappa shape index (κ2) is 6.33. The minimum Gasteiger partial charge on any atom is -0.338 e. The van der Waals surface area contributed by atoms with Crippen molar-refractivity contribution in [2.24, 2.45) is 0 Å². The Morgan fingerprint density at radius 2 is 2.06 bits per heavy atom. The molecule has 0 aromatic heterocycles. The minimum atomic E-state index is -3.28. The molecule has 0 atom stereocenters. The average Bonchev–Trinajstić information content (AvgIpc) is 2.34. The first-order chi connectivity index (χ1) is 8.40. The Labute approximate surface area is 116 Å². The SMILES string of the molecule is CCN(CCBr)C(=O)c1cccc(S(C)(=O)=O)c1. The number of benzene rings is 1. The summed E-state index contributed by atoms with van der Waals surface area (Å²) in [6.45, 7) is 3.08. The number of hydrogen-bond donors (Lipinski definition) is 0. The van der Waals surface area contributed by atoms with Crippen molar-refractivity contribution in [1.82, 2.24) is 4.90 Å². The van der Waals surface area contributed by atoms with Gasteiger partial charge >= 0.3 is 0 Å². The van der Waals surface area contributed by atoms with Crippen LogP contribution in [0.25, 0.3) is 0 Å². The van der Waals surface area contributed by atoms with Crippen LogP contribution in [-0.2, 0) is 9.84 Å². The van der Waals surface area contributed by atoms with Crippen LogP contribution in [0.2, 0.25) is 0 Å². The van der Waals surface area contributed by atoms with Crippen LogP contribution in [0, 0.1) is 0 Å². The zero-order valence-corrected chi connectivity index (χ0v) is 12.8. The van der Waals surface area contributed by atoms with Gasteiger partial charge in [0, 0.05) is 30.2 Å². The number of alkyl halides is 1. The molecule has 6 heteroatoms. The number of sulfone groups is 1. The molecule has 0 aliphatic carbocycles. The summed E-state index contributed by atoms with van der Waals surface area (Å²) in [6.07, 6.45) is 1.13. The van der Waals surface area contributed by atoms with Crippen LogP contribution in [0.4, 0.5) is 0 Å². The third kappa shape index (κ3) is 3.81. The molecule has 0 heterocycles. The Bertz CT molecular complexity index is 528. The van der Waals surface area contributed by atoms with Crippen LogP contribution in [0.15, 0.2) is 29.2 Å². The summed E-state index contributed by atoms with van der Waals surface area (Å²) in [6, 6.07) is 6.14. The first-order valence-corrected chi connectivity index (χ1v) is 8.56. The highest BCUT2D eigenvalue weighted by molar-refractivity contribution is 9.09. The number of amides is 1. The van der Waals surface area contributed by atoms with Gasteiger partial charge in [-0.25, -0.2) is 8.42 Å². The van der Waals surface area contributed by atoms with Gasteiger partial charge in [-0.05, 0) is 25.1 Å². The van der Waals surface area contributed by atoms with Crippen molar-refractivity contribution in [3.8, 4) is 0 Å². The van der Waals surface area contributed by atoms with Gasteiger partial charge in [-0.3, -0.25) is 4.79 Å². The summed E-state index contributed by atoms with van der Waals surface area (Å²) in [4.78, 5) is 14.0. The number of halogens is 1. The lowest BCUT2D eigenvalue weighted by Gasteiger charge is -2.19. The van der Waals surface area contributed by atoms with Crippen LogP contribution in [0.5, 0.6) is 0 Å². The molecule has 0 fully saturated rings. The quantitative estimate of drug-likeness (QED) is 0.774. The van der Waals surface area contributed by atoms with Crippen LogP contribution in [-0.4, -0.2) is 43.9 Å². The number of carbonyl (C=O) groups is 1. The van der Waals surface area contributed by atoms with E-state index in [1.165, 1.54) is 12.1 Å². The Morgan fingerprint density at radius 1 is 1.39 bits per heavy atom. The third-order valence-corrected chi connectivity index (χ3v) is 4.00. The highest BCUT2D eigenvalue weighted by Gasteiger charge is 2.15. The molecular weight excluding hydrogens is 318 g/mol. The molecule has 1 rings (SSSR count). The van der Waals surface area contributed by atoms with E-state index in [1.54, 1.807) is 17.0 Å². The van der Waals surface area contributed by atoms with Gasteiger partial charge in [0.05, 0.1) is 4.90 Å². The van der Waals surface area contributed by atoms with Crippen LogP contribution >= 0.6 is 15.9 Å². The molecule has 1 amide bonds. The normalized spacial score (nSPS) is 11.3. The number of hydrogen-bond acceptors (Lipinski definition) is 3. The van der Waals surface area contributed by atoms with Gasteiger partial charge in [0.1, 0.15) is 0 Å². The van der Waals surface area contributed by atoms with Gasteiger partial charge in [-0.2, -0.15) is 0 Å². The van der Waals surface area contributed by atoms with Crippen molar-refractivity contribution >= 4 is 31.7 Å². The molecular formula is C12H16BrNO3S. The van der Waals surface area contributed by atoms with E-state index in [9.17, 15) is 13.2 Å². The Balaban J connectivity index is 3.07. The highest BCUT2D eigenvalue weighted by atomic mass is 79.9. The number of carbonyl (C=O) groups excluding carboxylic acids is 1. The van der Waals surface area contributed by atoms with E-state index in [2.05, 4.69) is 15.9 Å². The molecule has 4 nitrogen and oxygen atoms in total. The predicted molar refractivity (Wildman–Crippen MR) is 74.9 cm³/mol. The first kappa shape index (κ1) is 15.2. The van der Waals surface area contributed by atoms with Gasteiger partial charge in [0.25, 0.3) is 5.91 Å². The maximum atomic E-state index is 12.2. The summed E-state index contributed by atoms with van der Waals surface area (Å²) < 4.78 is 22.9. The van der Waals surface area contributed by atoms with Crippen LogP contribution < -0.4 is 0 Å². The highest BCUT2D eigenvalue weighted by Crippen LogP contribution is 2.13. The third-order valence-electron chi connectivity index (χ3n) is 2.53. The van der Waals surface area contributed by atoms with Gasteiger partial charge in [-0.1, -0.05) is 22.0 Å². The molecule has 0 N–H and O–H groups in total. The molecule has 0 saturated carbocycles. The second-order valence-corrected chi connectivity index (χ2v) is 6.68. The summed E-state index contributed by atoms with van der Waals surface area (Å²) in [5, 5.41) is 0.693. The fourth-order valence-electron chi connectivity index (χ4n) is 1.55. The Morgan fingerprint density at radius 3 is 2.56 bits per heavy atom. The Kier molecular flexibility index (Phi) is 5.34. The van der Waals surface area contributed by atoms with Gasteiger partial charge < -0.3 is 4.90 Å². The molecule has 0 aliphatic rings. The summed E-state index contributed by atoms with van der Waals surface area (Å²) in [5.74, 6) is -0.151. The van der Waals surface area contributed by atoms with Crippen molar-refractivity contribution in [2.45, 2.75) is 11.8 Å². The molecule has 0 bridgehead atoms.